The summed E-state index contributed by atoms with van der Waals surface area (Å²) in [7, 11) is 0. The van der Waals surface area contributed by atoms with Crippen molar-refractivity contribution in [2.45, 2.75) is 38.3 Å². The summed E-state index contributed by atoms with van der Waals surface area (Å²) in [5.74, 6) is 0.0824. The molecule has 0 spiro atoms. The van der Waals surface area contributed by atoms with Crippen molar-refractivity contribution in [2.75, 3.05) is 13.2 Å². The van der Waals surface area contributed by atoms with Gasteiger partial charge in [0, 0.05) is 31.5 Å². The molecule has 110 valence electrons. The van der Waals surface area contributed by atoms with Crippen LogP contribution in [0.5, 0.6) is 5.75 Å². The first-order chi connectivity index (χ1) is 9.67. The Morgan fingerprint density at radius 2 is 2.35 bits per heavy atom. The molecule has 1 fully saturated rings. The zero-order valence-electron chi connectivity index (χ0n) is 11.6. The quantitative estimate of drug-likeness (QED) is 0.813. The summed E-state index contributed by atoms with van der Waals surface area (Å²) in [6, 6.07) is 6.40. The standard InChI is InChI=1S/C15H20FNO3/c1-2-19-15(18)7-6-12-9-14(10-17-12)20-13-5-3-4-11(16)8-13/h3-5,8,12,14,17H,2,6-7,9-10H2,1H3/t12-,14-/m1/s1. The Morgan fingerprint density at radius 3 is 3.10 bits per heavy atom. The highest BCUT2D eigenvalue weighted by atomic mass is 19.1. The summed E-state index contributed by atoms with van der Waals surface area (Å²) in [6.07, 6.45) is 1.99. The zero-order valence-corrected chi connectivity index (χ0v) is 11.6. The van der Waals surface area contributed by atoms with E-state index in [1.54, 1.807) is 19.1 Å². The van der Waals surface area contributed by atoms with Crippen molar-refractivity contribution < 1.29 is 18.7 Å². The summed E-state index contributed by atoms with van der Waals surface area (Å²) < 4.78 is 23.7. The van der Waals surface area contributed by atoms with Gasteiger partial charge in [-0.3, -0.25) is 4.79 Å². The van der Waals surface area contributed by atoms with Crippen LogP contribution in [-0.2, 0) is 9.53 Å². The highest BCUT2D eigenvalue weighted by molar-refractivity contribution is 5.69. The van der Waals surface area contributed by atoms with Gasteiger partial charge < -0.3 is 14.8 Å². The number of rotatable bonds is 6. The van der Waals surface area contributed by atoms with Gasteiger partial charge in [0.05, 0.1) is 6.61 Å². The average molecular weight is 281 g/mol. The summed E-state index contributed by atoms with van der Waals surface area (Å²) in [5.41, 5.74) is 0. The molecule has 1 aromatic rings. The molecular weight excluding hydrogens is 261 g/mol. The Labute approximate surface area is 118 Å². The number of halogens is 1. The van der Waals surface area contributed by atoms with Crippen molar-refractivity contribution in [1.29, 1.82) is 0 Å². The average Bonchev–Trinajstić information content (AvgIpc) is 2.84. The molecule has 0 unspecified atom stereocenters. The normalized spacial score (nSPS) is 21.7. The molecule has 1 heterocycles. The second kappa shape index (κ2) is 7.24. The fourth-order valence-corrected chi connectivity index (χ4v) is 2.35. The third-order valence-corrected chi connectivity index (χ3v) is 3.28. The molecule has 1 saturated heterocycles. The van der Waals surface area contributed by atoms with Gasteiger partial charge in [-0.05, 0) is 25.5 Å². The SMILES string of the molecule is CCOC(=O)CC[C@@H]1C[C@@H](Oc2cccc(F)c2)CN1. The molecule has 0 saturated carbocycles. The van der Waals surface area contributed by atoms with Gasteiger partial charge in [0.25, 0.3) is 0 Å². The van der Waals surface area contributed by atoms with Crippen molar-refractivity contribution >= 4 is 5.97 Å². The van der Waals surface area contributed by atoms with E-state index in [4.69, 9.17) is 9.47 Å². The molecule has 1 N–H and O–H groups in total. The second-order valence-electron chi connectivity index (χ2n) is 4.88. The van der Waals surface area contributed by atoms with Crippen LogP contribution in [0.1, 0.15) is 26.2 Å². The van der Waals surface area contributed by atoms with Crippen LogP contribution in [0.2, 0.25) is 0 Å². The molecule has 20 heavy (non-hydrogen) atoms. The van der Waals surface area contributed by atoms with Crippen LogP contribution < -0.4 is 10.1 Å². The van der Waals surface area contributed by atoms with Crippen molar-refractivity contribution in [2.24, 2.45) is 0 Å². The Bertz CT molecular complexity index is 452. The van der Waals surface area contributed by atoms with Crippen LogP contribution in [0.3, 0.4) is 0 Å². The first-order valence-electron chi connectivity index (χ1n) is 6.98. The van der Waals surface area contributed by atoms with Crippen molar-refractivity contribution in [3.05, 3.63) is 30.1 Å². The van der Waals surface area contributed by atoms with Crippen LogP contribution in [0.25, 0.3) is 0 Å². The molecule has 1 aliphatic rings. The number of ether oxygens (including phenoxy) is 2. The highest BCUT2D eigenvalue weighted by Gasteiger charge is 2.26. The van der Waals surface area contributed by atoms with Crippen molar-refractivity contribution in [3.63, 3.8) is 0 Å². The van der Waals surface area contributed by atoms with Crippen LogP contribution in [0.15, 0.2) is 24.3 Å². The van der Waals surface area contributed by atoms with E-state index in [2.05, 4.69) is 5.32 Å². The van der Waals surface area contributed by atoms with Crippen LogP contribution >= 0.6 is 0 Å². The molecule has 4 nitrogen and oxygen atoms in total. The van der Waals surface area contributed by atoms with Gasteiger partial charge in [0.2, 0.25) is 0 Å². The van der Waals surface area contributed by atoms with Gasteiger partial charge in [-0.2, -0.15) is 0 Å². The third kappa shape index (κ3) is 4.49. The lowest BCUT2D eigenvalue weighted by Crippen LogP contribution is -2.23. The number of esters is 1. The minimum absolute atomic E-state index is 0.0176. The fraction of sp³-hybridized carbons (Fsp3) is 0.533. The molecule has 0 amide bonds. The number of benzene rings is 1. The van der Waals surface area contributed by atoms with Crippen LogP contribution in [0, 0.1) is 5.82 Å². The Balaban J connectivity index is 1.73. The van der Waals surface area contributed by atoms with E-state index in [0.717, 1.165) is 12.8 Å². The molecule has 0 aromatic heterocycles. The van der Waals surface area contributed by atoms with Crippen molar-refractivity contribution in [1.82, 2.24) is 5.32 Å². The second-order valence-corrected chi connectivity index (χ2v) is 4.88. The maximum atomic E-state index is 13.1. The molecule has 2 rings (SSSR count). The van der Waals surface area contributed by atoms with Gasteiger partial charge in [-0.1, -0.05) is 6.07 Å². The van der Waals surface area contributed by atoms with Gasteiger partial charge in [0.15, 0.2) is 0 Å². The summed E-state index contributed by atoms with van der Waals surface area (Å²) in [5, 5.41) is 3.31. The number of carbonyl (C=O) groups excluding carboxylic acids is 1. The number of carbonyl (C=O) groups is 1. The van der Waals surface area contributed by atoms with E-state index in [9.17, 15) is 9.18 Å². The number of hydrogen-bond acceptors (Lipinski definition) is 4. The van der Waals surface area contributed by atoms with Gasteiger partial charge in [-0.25, -0.2) is 4.39 Å². The smallest absolute Gasteiger partial charge is 0.305 e. The van der Waals surface area contributed by atoms with Gasteiger partial charge >= 0.3 is 5.97 Å². The lowest BCUT2D eigenvalue weighted by Gasteiger charge is -2.13. The minimum atomic E-state index is -0.299. The highest BCUT2D eigenvalue weighted by Crippen LogP contribution is 2.20. The Morgan fingerprint density at radius 1 is 1.50 bits per heavy atom. The maximum Gasteiger partial charge on any atom is 0.305 e. The van der Waals surface area contributed by atoms with Crippen LogP contribution in [-0.4, -0.2) is 31.3 Å². The Hall–Kier alpha value is -1.62. The van der Waals surface area contributed by atoms with Crippen LogP contribution in [0.4, 0.5) is 4.39 Å². The number of hydrogen-bond donors (Lipinski definition) is 1. The first-order valence-corrected chi connectivity index (χ1v) is 6.98. The van der Waals surface area contributed by atoms with E-state index in [0.29, 0.717) is 25.3 Å². The van der Waals surface area contributed by atoms with Gasteiger partial charge in [0.1, 0.15) is 17.7 Å². The fourth-order valence-electron chi connectivity index (χ4n) is 2.35. The van der Waals surface area contributed by atoms with E-state index >= 15 is 0 Å². The molecule has 2 atom stereocenters. The maximum absolute atomic E-state index is 13.1. The van der Waals surface area contributed by atoms with E-state index in [1.165, 1.54) is 12.1 Å². The first kappa shape index (κ1) is 14.8. The minimum Gasteiger partial charge on any atom is -0.489 e. The monoisotopic (exact) mass is 281 g/mol. The number of nitrogens with one attached hydrogen (secondary N) is 1. The molecule has 1 aliphatic heterocycles. The molecule has 0 aliphatic carbocycles. The zero-order chi connectivity index (χ0) is 14.4. The van der Waals surface area contributed by atoms with Crippen molar-refractivity contribution in [3.8, 4) is 5.75 Å². The summed E-state index contributed by atoms with van der Waals surface area (Å²) >= 11 is 0. The molecule has 5 heteroatoms. The molecule has 1 aromatic carbocycles. The third-order valence-electron chi connectivity index (χ3n) is 3.28. The predicted octanol–water partition coefficient (Wildman–Crippen LogP) is 2.28. The summed E-state index contributed by atoms with van der Waals surface area (Å²) in [6.45, 7) is 2.93. The lowest BCUT2D eigenvalue weighted by molar-refractivity contribution is -0.143. The molecule has 0 bridgehead atoms. The molecular formula is C15H20FNO3. The van der Waals surface area contributed by atoms with E-state index in [-0.39, 0.29) is 23.9 Å². The largest absolute Gasteiger partial charge is 0.489 e. The lowest BCUT2D eigenvalue weighted by atomic mass is 10.1. The predicted molar refractivity (Wildman–Crippen MR) is 73.1 cm³/mol. The van der Waals surface area contributed by atoms with E-state index < -0.39 is 0 Å². The van der Waals surface area contributed by atoms with Gasteiger partial charge in [-0.15, -0.1) is 0 Å². The topological polar surface area (TPSA) is 47.6 Å². The Kier molecular flexibility index (Phi) is 5.35. The summed E-state index contributed by atoms with van der Waals surface area (Å²) in [4.78, 5) is 11.3. The van der Waals surface area contributed by atoms with E-state index in [1.807, 2.05) is 0 Å². The molecule has 0 radical (unpaired) electrons.